The molecule has 6 heteroatoms. The first-order valence-corrected chi connectivity index (χ1v) is 5.16. The SMILES string of the molecule is CSc1noc(C2CNC(=O)C2)n1. The van der Waals surface area contributed by atoms with Crippen molar-refractivity contribution in [2.24, 2.45) is 0 Å². The van der Waals surface area contributed by atoms with Gasteiger partial charge in [0.15, 0.2) is 0 Å². The van der Waals surface area contributed by atoms with E-state index in [9.17, 15) is 4.79 Å². The summed E-state index contributed by atoms with van der Waals surface area (Å²) in [5, 5.41) is 7.08. The molecule has 0 bridgehead atoms. The van der Waals surface area contributed by atoms with Gasteiger partial charge in [-0.2, -0.15) is 4.98 Å². The molecule has 13 heavy (non-hydrogen) atoms. The van der Waals surface area contributed by atoms with Crippen molar-refractivity contribution in [3.63, 3.8) is 0 Å². The Morgan fingerprint density at radius 3 is 3.08 bits per heavy atom. The van der Waals surface area contributed by atoms with Crippen LogP contribution in [0.5, 0.6) is 0 Å². The number of carbonyl (C=O) groups is 1. The minimum atomic E-state index is 0.0499. The summed E-state index contributed by atoms with van der Waals surface area (Å²) in [4.78, 5) is 15.0. The Hall–Kier alpha value is -1.04. The van der Waals surface area contributed by atoms with Crippen molar-refractivity contribution >= 4 is 17.7 Å². The van der Waals surface area contributed by atoms with Gasteiger partial charge in [0.25, 0.3) is 0 Å². The largest absolute Gasteiger partial charge is 0.355 e. The number of thioether (sulfide) groups is 1. The Labute approximate surface area is 79.3 Å². The van der Waals surface area contributed by atoms with Crippen LogP contribution in [0.4, 0.5) is 0 Å². The molecule has 0 radical (unpaired) electrons. The topological polar surface area (TPSA) is 68.0 Å². The first-order chi connectivity index (χ1) is 6.29. The van der Waals surface area contributed by atoms with Gasteiger partial charge < -0.3 is 9.84 Å². The van der Waals surface area contributed by atoms with Gasteiger partial charge in [-0.15, -0.1) is 0 Å². The fourth-order valence-corrected chi connectivity index (χ4v) is 1.54. The molecule has 0 aliphatic carbocycles. The second kappa shape index (κ2) is 3.37. The van der Waals surface area contributed by atoms with Crippen LogP contribution in [0.3, 0.4) is 0 Å². The highest BCUT2D eigenvalue weighted by molar-refractivity contribution is 7.98. The molecule has 1 atom stereocenters. The molecule has 1 aliphatic rings. The van der Waals surface area contributed by atoms with Crippen LogP contribution in [-0.4, -0.2) is 28.8 Å². The van der Waals surface area contributed by atoms with E-state index in [-0.39, 0.29) is 11.8 Å². The van der Waals surface area contributed by atoms with Gasteiger partial charge >= 0.3 is 0 Å². The van der Waals surface area contributed by atoms with Crippen LogP contribution in [0.25, 0.3) is 0 Å². The highest BCUT2D eigenvalue weighted by Gasteiger charge is 2.27. The molecule has 0 aromatic carbocycles. The zero-order chi connectivity index (χ0) is 9.26. The number of hydrogen-bond acceptors (Lipinski definition) is 5. The molecule has 5 nitrogen and oxygen atoms in total. The molecule has 0 saturated carbocycles. The maximum Gasteiger partial charge on any atom is 0.232 e. The molecular weight excluding hydrogens is 190 g/mol. The van der Waals surface area contributed by atoms with Crippen molar-refractivity contribution < 1.29 is 9.32 Å². The number of hydrogen-bond donors (Lipinski definition) is 1. The summed E-state index contributed by atoms with van der Waals surface area (Å²) in [6.45, 7) is 0.606. The second-order valence-corrected chi connectivity index (χ2v) is 3.60. The zero-order valence-corrected chi connectivity index (χ0v) is 7.93. The molecule has 1 amide bonds. The monoisotopic (exact) mass is 199 g/mol. The van der Waals surface area contributed by atoms with Crippen molar-refractivity contribution in [1.29, 1.82) is 0 Å². The van der Waals surface area contributed by atoms with E-state index in [1.165, 1.54) is 11.8 Å². The molecule has 1 N–H and O–H groups in total. The lowest BCUT2D eigenvalue weighted by molar-refractivity contribution is -0.119. The van der Waals surface area contributed by atoms with E-state index in [4.69, 9.17) is 4.52 Å². The molecular formula is C7H9N3O2S. The van der Waals surface area contributed by atoms with E-state index in [1.807, 2.05) is 6.26 Å². The van der Waals surface area contributed by atoms with Crippen molar-refractivity contribution in [3.05, 3.63) is 5.89 Å². The van der Waals surface area contributed by atoms with E-state index in [1.54, 1.807) is 0 Å². The van der Waals surface area contributed by atoms with Crippen molar-refractivity contribution in [2.75, 3.05) is 12.8 Å². The fraction of sp³-hybridized carbons (Fsp3) is 0.571. The number of amides is 1. The van der Waals surface area contributed by atoms with Gasteiger partial charge in [-0.3, -0.25) is 4.79 Å². The number of carbonyl (C=O) groups excluding carboxylic acids is 1. The average Bonchev–Trinajstić information content (AvgIpc) is 2.71. The Morgan fingerprint density at radius 2 is 2.54 bits per heavy atom. The van der Waals surface area contributed by atoms with Crippen LogP contribution >= 0.6 is 11.8 Å². The van der Waals surface area contributed by atoms with E-state index in [0.717, 1.165) is 0 Å². The minimum Gasteiger partial charge on any atom is -0.355 e. The third-order valence-corrected chi connectivity index (χ3v) is 2.46. The Balaban J connectivity index is 2.12. The van der Waals surface area contributed by atoms with Crippen LogP contribution in [0.1, 0.15) is 18.2 Å². The van der Waals surface area contributed by atoms with E-state index in [2.05, 4.69) is 15.5 Å². The van der Waals surface area contributed by atoms with Gasteiger partial charge in [0, 0.05) is 13.0 Å². The van der Waals surface area contributed by atoms with E-state index >= 15 is 0 Å². The highest BCUT2D eigenvalue weighted by atomic mass is 32.2. The molecule has 0 spiro atoms. The van der Waals surface area contributed by atoms with Gasteiger partial charge in [0.2, 0.25) is 17.0 Å². The number of nitrogens with zero attached hydrogens (tertiary/aromatic N) is 2. The van der Waals surface area contributed by atoms with Crippen molar-refractivity contribution in [3.8, 4) is 0 Å². The maximum atomic E-state index is 10.9. The molecule has 1 unspecified atom stereocenters. The Bertz CT molecular complexity index is 325. The Kier molecular flexibility index (Phi) is 2.22. The second-order valence-electron chi connectivity index (χ2n) is 2.82. The van der Waals surface area contributed by atoms with Crippen LogP contribution < -0.4 is 5.32 Å². The summed E-state index contributed by atoms with van der Waals surface area (Å²) in [6, 6.07) is 0. The Morgan fingerprint density at radius 1 is 1.69 bits per heavy atom. The number of aromatic nitrogens is 2. The van der Waals surface area contributed by atoms with Crippen LogP contribution in [-0.2, 0) is 4.79 Å². The van der Waals surface area contributed by atoms with Crippen LogP contribution in [0.15, 0.2) is 9.68 Å². The lowest BCUT2D eigenvalue weighted by atomic mass is 10.1. The quantitative estimate of drug-likeness (QED) is 0.698. The third-order valence-electron chi connectivity index (χ3n) is 1.93. The van der Waals surface area contributed by atoms with Gasteiger partial charge in [0.05, 0.1) is 5.92 Å². The summed E-state index contributed by atoms with van der Waals surface area (Å²) in [5.74, 6) is 0.664. The minimum absolute atomic E-state index is 0.0499. The molecule has 1 aromatic heterocycles. The molecule has 1 saturated heterocycles. The smallest absolute Gasteiger partial charge is 0.232 e. The predicted molar refractivity (Wildman–Crippen MR) is 46.4 cm³/mol. The van der Waals surface area contributed by atoms with Crippen LogP contribution in [0.2, 0.25) is 0 Å². The summed E-state index contributed by atoms with van der Waals surface area (Å²) >= 11 is 1.43. The molecule has 2 rings (SSSR count). The first kappa shape index (κ1) is 8.55. The lowest BCUT2D eigenvalue weighted by Crippen LogP contribution is -2.13. The summed E-state index contributed by atoms with van der Waals surface area (Å²) in [6.07, 6.45) is 2.34. The standard InChI is InChI=1S/C7H9N3O2S/c1-13-7-9-6(12-10-7)4-2-5(11)8-3-4/h4H,2-3H2,1H3,(H,8,11). The van der Waals surface area contributed by atoms with Gasteiger partial charge in [-0.1, -0.05) is 16.9 Å². The number of nitrogens with one attached hydrogen (secondary N) is 1. The summed E-state index contributed by atoms with van der Waals surface area (Å²) < 4.78 is 5.01. The van der Waals surface area contributed by atoms with Crippen molar-refractivity contribution in [2.45, 2.75) is 17.5 Å². The van der Waals surface area contributed by atoms with Crippen LogP contribution in [0, 0.1) is 0 Å². The fourth-order valence-electron chi connectivity index (χ4n) is 1.25. The van der Waals surface area contributed by atoms with Crippen molar-refractivity contribution in [1.82, 2.24) is 15.5 Å². The van der Waals surface area contributed by atoms with E-state index in [0.29, 0.717) is 24.0 Å². The zero-order valence-electron chi connectivity index (χ0n) is 7.11. The van der Waals surface area contributed by atoms with Gasteiger partial charge in [0.1, 0.15) is 0 Å². The molecule has 1 aromatic rings. The molecule has 1 fully saturated rings. The van der Waals surface area contributed by atoms with E-state index < -0.39 is 0 Å². The summed E-state index contributed by atoms with van der Waals surface area (Å²) in [7, 11) is 0. The third kappa shape index (κ3) is 1.67. The summed E-state index contributed by atoms with van der Waals surface area (Å²) in [5.41, 5.74) is 0. The van der Waals surface area contributed by atoms with Gasteiger partial charge in [-0.05, 0) is 6.26 Å². The average molecular weight is 199 g/mol. The normalized spacial score (nSPS) is 21.9. The predicted octanol–water partition coefficient (Wildman–Crippen LogP) is 0.395. The number of rotatable bonds is 2. The lowest BCUT2D eigenvalue weighted by Gasteiger charge is -1.96. The highest BCUT2D eigenvalue weighted by Crippen LogP contribution is 2.22. The first-order valence-electron chi connectivity index (χ1n) is 3.94. The molecule has 70 valence electrons. The molecule has 2 heterocycles. The maximum absolute atomic E-state index is 10.9. The molecule has 1 aliphatic heterocycles. The van der Waals surface area contributed by atoms with Gasteiger partial charge in [-0.25, -0.2) is 0 Å².